The van der Waals surface area contributed by atoms with Gasteiger partial charge in [-0.25, -0.2) is 4.98 Å². The quantitative estimate of drug-likeness (QED) is 0.895. The predicted molar refractivity (Wildman–Crippen MR) is 69.3 cm³/mol. The maximum Gasteiger partial charge on any atom is 0.320 e. The molecule has 0 bridgehead atoms. The summed E-state index contributed by atoms with van der Waals surface area (Å²) in [6, 6.07) is 5.23. The molecule has 0 saturated carbocycles. The molecule has 1 N–H and O–H groups in total. The lowest BCUT2D eigenvalue weighted by Crippen LogP contribution is -2.40. The van der Waals surface area contributed by atoms with Gasteiger partial charge >= 0.3 is 5.97 Å². The fourth-order valence-corrected chi connectivity index (χ4v) is 2.52. The number of nitrogens with zero attached hydrogens (tertiary/aromatic N) is 3. The van der Waals surface area contributed by atoms with Crippen molar-refractivity contribution in [3.63, 3.8) is 0 Å². The number of carboxylic acids is 1. The summed E-state index contributed by atoms with van der Waals surface area (Å²) in [7, 11) is 0. The molecule has 2 rings (SSSR count). The molecule has 1 aliphatic rings. The number of pyridine rings is 1. The van der Waals surface area contributed by atoms with Crippen molar-refractivity contribution < 1.29 is 9.90 Å². The van der Waals surface area contributed by atoms with E-state index >= 15 is 0 Å². The fraction of sp³-hybridized carbons (Fsp3) is 0.500. The minimum absolute atomic E-state index is 0.385. The number of aliphatic carboxylic acids is 1. The van der Waals surface area contributed by atoms with Gasteiger partial charge < -0.3 is 5.11 Å². The van der Waals surface area contributed by atoms with E-state index < -0.39 is 12.0 Å². The first-order valence-corrected chi connectivity index (χ1v) is 6.53. The molecule has 19 heavy (non-hydrogen) atoms. The predicted octanol–water partition coefficient (Wildman–Crippen LogP) is 1.78. The highest BCUT2D eigenvalue weighted by atomic mass is 16.4. The van der Waals surface area contributed by atoms with E-state index in [0.29, 0.717) is 18.7 Å². The zero-order valence-electron chi connectivity index (χ0n) is 10.7. The summed E-state index contributed by atoms with van der Waals surface area (Å²) in [6.07, 6.45) is 5.28. The average Bonchev–Trinajstić information content (AvgIpc) is 2.65. The van der Waals surface area contributed by atoms with Gasteiger partial charge in [0.05, 0.1) is 0 Å². The zero-order chi connectivity index (χ0) is 13.7. The largest absolute Gasteiger partial charge is 0.480 e. The number of nitriles is 1. The number of rotatable bonds is 3. The molecule has 0 spiro atoms. The number of carbonyl (C=O) groups is 1. The SMILES string of the molecule is N#Cc1ncccc1CN1CCCCCC1C(=O)O. The monoisotopic (exact) mass is 259 g/mol. The van der Waals surface area contributed by atoms with Crippen molar-refractivity contribution >= 4 is 5.97 Å². The Hall–Kier alpha value is -1.93. The molecule has 0 radical (unpaired) electrons. The van der Waals surface area contributed by atoms with Crippen LogP contribution in [0.2, 0.25) is 0 Å². The Bertz CT molecular complexity index is 496. The second-order valence-corrected chi connectivity index (χ2v) is 4.80. The average molecular weight is 259 g/mol. The second kappa shape index (κ2) is 6.30. The standard InChI is InChI=1S/C14H17N3O2/c15-9-12-11(5-4-7-16-12)10-17-8-3-1-2-6-13(17)14(18)19/h4-5,7,13H,1-3,6,8,10H2,(H,18,19). The molecule has 1 aliphatic heterocycles. The molecule has 100 valence electrons. The number of hydrogen-bond acceptors (Lipinski definition) is 4. The Kier molecular flexibility index (Phi) is 4.48. The summed E-state index contributed by atoms with van der Waals surface area (Å²) in [5.41, 5.74) is 1.19. The first-order chi connectivity index (χ1) is 9.22. The van der Waals surface area contributed by atoms with E-state index in [1.807, 2.05) is 11.0 Å². The van der Waals surface area contributed by atoms with E-state index in [2.05, 4.69) is 11.1 Å². The first kappa shape index (κ1) is 13.5. The molecule has 1 aromatic heterocycles. The van der Waals surface area contributed by atoms with Crippen molar-refractivity contribution in [2.24, 2.45) is 0 Å². The van der Waals surface area contributed by atoms with Crippen LogP contribution in [0.4, 0.5) is 0 Å². The van der Waals surface area contributed by atoms with Crippen molar-refractivity contribution in [1.82, 2.24) is 9.88 Å². The molecule has 1 saturated heterocycles. The van der Waals surface area contributed by atoms with Crippen LogP contribution in [-0.2, 0) is 11.3 Å². The van der Waals surface area contributed by atoms with Gasteiger partial charge in [-0.3, -0.25) is 9.69 Å². The minimum atomic E-state index is -0.774. The van der Waals surface area contributed by atoms with E-state index in [9.17, 15) is 9.90 Å². The third-order valence-corrected chi connectivity index (χ3v) is 3.52. The summed E-state index contributed by atoms with van der Waals surface area (Å²) in [5, 5.41) is 18.3. The van der Waals surface area contributed by atoms with Crippen LogP contribution >= 0.6 is 0 Å². The summed E-state index contributed by atoms with van der Waals surface area (Å²) in [6.45, 7) is 1.24. The van der Waals surface area contributed by atoms with Crippen molar-refractivity contribution in [2.75, 3.05) is 6.54 Å². The topological polar surface area (TPSA) is 77.2 Å². The van der Waals surface area contributed by atoms with Gasteiger partial charge in [-0.05, 0) is 25.5 Å². The van der Waals surface area contributed by atoms with Gasteiger partial charge in [-0.2, -0.15) is 5.26 Å². The molecule has 1 fully saturated rings. The minimum Gasteiger partial charge on any atom is -0.480 e. The van der Waals surface area contributed by atoms with Gasteiger partial charge in [0.25, 0.3) is 0 Å². The highest BCUT2D eigenvalue weighted by molar-refractivity contribution is 5.73. The van der Waals surface area contributed by atoms with Gasteiger partial charge in [0.2, 0.25) is 0 Å². The van der Waals surface area contributed by atoms with Crippen molar-refractivity contribution in [1.29, 1.82) is 5.26 Å². The Labute approximate surface area is 112 Å². The summed E-state index contributed by atoms with van der Waals surface area (Å²) in [5.74, 6) is -0.774. The summed E-state index contributed by atoms with van der Waals surface area (Å²) >= 11 is 0. The Morgan fingerprint density at radius 1 is 1.53 bits per heavy atom. The Balaban J connectivity index is 2.19. The third kappa shape index (κ3) is 3.30. The summed E-state index contributed by atoms with van der Waals surface area (Å²) in [4.78, 5) is 17.3. The van der Waals surface area contributed by atoms with Crippen LogP contribution in [0, 0.1) is 11.3 Å². The van der Waals surface area contributed by atoms with Crippen LogP contribution in [-0.4, -0.2) is 33.5 Å². The van der Waals surface area contributed by atoms with Crippen molar-refractivity contribution in [3.8, 4) is 6.07 Å². The van der Waals surface area contributed by atoms with Crippen LogP contribution in [0.25, 0.3) is 0 Å². The van der Waals surface area contributed by atoms with Crippen LogP contribution in [0.15, 0.2) is 18.3 Å². The van der Waals surface area contributed by atoms with Gasteiger partial charge in [0, 0.05) is 18.3 Å². The number of carboxylic acid groups (broad SMARTS) is 1. The smallest absolute Gasteiger partial charge is 0.320 e. The molecule has 1 aromatic rings. The first-order valence-electron chi connectivity index (χ1n) is 6.53. The lowest BCUT2D eigenvalue weighted by atomic mass is 10.1. The van der Waals surface area contributed by atoms with Crippen LogP contribution < -0.4 is 0 Å². The number of likely N-dealkylation sites (tertiary alicyclic amines) is 1. The molecule has 0 aromatic carbocycles. The lowest BCUT2D eigenvalue weighted by molar-refractivity contribution is -0.143. The van der Waals surface area contributed by atoms with Gasteiger partial charge in [0.1, 0.15) is 17.8 Å². The van der Waals surface area contributed by atoms with Gasteiger partial charge in [-0.1, -0.05) is 18.9 Å². The van der Waals surface area contributed by atoms with E-state index in [-0.39, 0.29) is 0 Å². The van der Waals surface area contributed by atoms with Crippen LogP contribution in [0.3, 0.4) is 0 Å². The molecule has 5 nitrogen and oxygen atoms in total. The molecule has 0 aliphatic carbocycles. The molecule has 1 unspecified atom stereocenters. The molecular formula is C14H17N3O2. The maximum absolute atomic E-state index is 11.3. The van der Waals surface area contributed by atoms with Crippen LogP contribution in [0.5, 0.6) is 0 Å². The number of aromatic nitrogens is 1. The maximum atomic E-state index is 11.3. The van der Waals surface area contributed by atoms with Crippen LogP contribution in [0.1, 0.15) is 36.9 Å². The Morgan fingerprint density at radius 3 is 3.11 bits per heavy atom. The molecule has 5 heteroatoms. The summed E-state index contributed by atoms with van der Waals surface area (Å²) < 4.78 is 0. The van der Waals surface area contributed by atoms with E-state index in [1.165, 1.54) is 0 Å². The van der Waals surface area contributed by atoms with E-state index in [0.717, 1.165) is 31.4 Å². The van der Waals surface area contributed by atoms with E-state index in [1.54, 1.807) is 12.3 Å². The Morgan fingerprint density at radius 2 is 2.37 bits per heavy atom. The second-order valence-electron chi connectivity index (χ2n) is 4.80. The lowest BCUT2D eigenvalue weighted by Gasteiger charge is -2.26. The number of hydrogen-bond donors (Lipinski definition) is 1. The zero-order valence-corrected chi connectivity index (χ0v) is 10.7. The third-order valence-electron chi connectivity index (χ3n) is 3.52. The fourth-order valence-electron chi connectivity index (χ4n) is 2.52. The van der Waals surface area contributed by atoms with Gasteiger partial charge in [0.15, 0.2) is 0 Å². The highest BCUT2D eigenvalue weighted by Gasteiger charge is 2.27. The molecular weight excluding hydrogens is 242 g/mol. The normalized spacial score (nSPS) is 20.5. The van der Waals surface area contributed by atoms with Gasteiger partial charge in [-0.15, -0.1) is 0 Å². The van der Waals surface area contributed by atoms with E-state index in [4.69, 9.17) is 5.26 Å². The molecule has 1 atom stereocenters. The highest BCUT2D eigenvalue weighted by Crippen LogP contribution is 2.20. The van der Waals surface area contributed by atoms with Crippen molar-refractivity contribution in [2.45, 2.75) is 38.3 Å². The molecule has 0 amide bonds. The van der Waals surface area contributed by atoms with Crippen molar-refractivity contribution in [3.05, 3.63) is 29.6 Å². The molecule has 2 heterocycles.